The maximum Gasteiger partial charge on any atom is 0.515 e. The van der Waals surface area contributed by atoms with Gasteiger partial charge in [-0.25, -0.2) is 0 Å². The second kappa shape index (κ2) is 15.8. The van der Waals surface area contributed by atoms with Crippen LogP contribution in [0.25, 0.3) is 0 Å². The van der Waals surface area contributed by atoms with Crippen LogP contribution in [0.15, 0.2) is 0 Å². The predicted molar refractivity (Wildman–Crippen MR) is 125 cm³/mol. The van der Waals surface area contributed by atoms with Crippen molar-refractivity contribution in [2.45, 2.75) is 60.6 Å². The molecule has 11 heteroatoms. The van der Waals surface area contributed by atoms with Crippen molar-refractivity contribution >= 4 is 17.6 Å². The van der Waals surface area contributed by atoms with Gasteiger partial charge in [-0.2, -0.15) is 0 Å². The van der Waals surface area contributed by atoms with Gasteiger partial charge in [-0.3, -0.25) is 4.90 Å². The van der Waals surface area contributed by atoms with Crippen molar-refractivity contribution in [1.82, 2.24) is 10.2 Å². The van der Waals surface area contributed by atoms with Crippen LogP contribution in [-0.2, 0) is 31.3 Å². The minimum atomic E-state index is -2.95. The molecule has 2 unspecified atom stereocenters. The Morgan fingerprint density at radius 1 is 0.774 bits per heavy atom. The number of nitrogens with zero attached hydrogens (tertiary/aromatic N) is 1. The molecular weight excluding hydrogens is 436 g/mol. The topological polar surface area (TPSA) is 79.9 Å². The van der Waals surface area contributed by atoms with E-state index in [1.807, 2.05) is 41.5 Å². The maximum atomic E-state index is 6.16. The average Bonchev–Trinajstić information content (AvgIpc) is 2.74. The van der Waals surface area contributed by atoms with E-state index in [0.717, 1.165) is 13.1 Å². The van der Waals surface area contributed by atoms with Gasteiger partial charge in [-0.1, -0.05) is 0 Å². The maximum absolute atomic E-state index is 6.16. The van der Waals surface area contributed by atoms with Gasteiger partial charge in [-0.05, 0) is 48.5 Å². The summed E-state index contributed by atoms with van der Waals surface area (Å²) < 4.78 is 43.1. The van der Waals surface area contributed by atoms with Crippen LogP contribution in [0.3, 0.4) is 0 Å². The number of nitrogens with one attached hydrogen (secondary N) is 1. The van der Waals surface area contributed by atoms with E-state index in [1.165, 1.54) is 0 Å². The molecule has 0 spiro atoms. The normalized spacial score (nSPS) is 19.2. The lowest BCUT2D eigenvalue weighted by Crippen LogP contribution is -2.65. The zero-order chi connectivity index (χ0) is 23.2. The molecule has 2 atom stereocenters. The molecule has 1 N–H and O–H groups in total. The molecule has 0 saturated carbocycles. The van der Waals surface area contributed by atoms with E-state index in [-0.39, 0.29) is 12.1 Å². The van der Waals surface area contributed by atoms with Crippen LogP contribution in [0.4, 0.5) is 0 Å². The van der Waals surface area contributed by atoms with Crippen molar-refractivity contribution in [1.29, 1.82) is 0 Å². The molecule has 1 rings (SSSR count). The van der Waals surface area contributed by atoms with E-state index in [2.05, 4.69) is 17.1 Å². The quantitative estimate of drug-likeness (QED) is 0.294. The molecule has 0 aliphatic carbocycles. The Morgan fingerprint density at radius 3 is 1.45 bits per heavy atom. The molecule has 0 bridgehead atoms. The Kier molecular flexibility index (Phi) is 14.9. The van der Waals surface area contributed by atoms with Crippen LogP contribution < -0.4 is 5.32 Å². The standard InChI is InChI=1S/C20H46N2O7Si2/c1-8-24-30(25-9-2,26-10-3)17-22(19(7)20-16-21-14-15-23-20)18-31(27-11-4,28-12-5)29-13-6/h19-21H,8-18H2,1-7H3. The zero-order valence-electron chi connectivity index (χ0n) is 20.7. The first-order valence-corrected chi connectivity index (χ1v) is 15.7. The van der Waals surface area contributed by atoms with Crippen molar-refractivity contribution in [2.24, 2.45) is 0 Å². The number of hydrogen-bond donors (Lipinski definition) is 1. The predicted octanol–water partition coefficient (Wildman–Crippen LogP) is 1.84. The highest BCUT2D eigenvalue weighted by Gasteiger charge is 2.50. The van der Waals surface area contributed by atoms with Gasteiger partial charge in [0.2, 0.25) is 0 Å². The largest absolute Gasteiger partial charge is 0.515 e. The SMILES string of the molecule is CCO[Si](CN(C[Si](OCC)(OCC)OCC)C(C)C1CNCCO1)(OCC)OCC. The van der Waals surface area contributed by atoms with Crippen LogP contribution in [0.5, 0.6) is 0 Å². The van der Waals surface area contributed by atoms with Crippen LogP contribution >= 0.6 is 0 Å². The van der Waals surface area contributed by atoms with Gasteiger partial charge in [-0.15, -0.1) is 0 Å². The van der Waals surface area contributed by atoms with Gasteiger partial charge in [0.05, 0.1) is 25.0 Å². The molecule has 1 heterocycles. The van der Waals surface area contributed by atoms with Gasteiger partial charge < -0.3 is 36.6 Å². The lowest BCUT2D eigenvalue weighted by atomic mass is 10.1. The number of hydrogen-bond acceptors (Lipinski definition) is 9. The van der Waals surface area contributed by atoms with Crippen molar-refractivity contribution in [3.8, 4) is 0 Å². The average molecular weight is 483 g/mol. The number of morpholine rings is 1. The van der Waals surface area contributed by atoms with Gasteiger partial charge in [0.25, 0.3) is 0 Å². The third kappa shape index (κ3) is 9.45. The second-order valence-corrected chi connectivity index (χ2v) is 12.3. The fraction of sp³-hybridized carbons (Fsp3) is 1.00. The van der Waals surface area contributed by atoms with Crippen molar-refractivity contribution < 1.29 is 31.3 Å². The summed E-state index contributed by atoms with van der Waals surface area (Å²) in [5.74, 6) is 0. The third-order valence-electron chi connectivity index (χ3n) is 5.05. The lowest BCUT2D eigenvalue weighted by molar-refractivity contribution is -0.0337. The first-order chi connectivity index (χ1) is 14.9. The zero-order valence-corrected chi connectivity index (χ0v) is 22.7. The van der Waals surface area contributed by atoms with Crippen LogP contribution in [0.1, 0.15) is 48.5 Å². The monoisotopic (exact) mass is 482 g/mol. The van der Waals surface area contributed by atoms with Gasteiger partial charge in [0.1, 0.15) is 0 Å². The molecule has 1 aliphatic rings. The highest BCUT2D eigenvalue weighted by molar-refractivity contribution is 6.62. The summed E-state index contributed by atoms with van der Waals surface area (Å²) in [5, 5.41) is 3.43. The molecule has 0 radical (unpaired) electrons. The molecular formula is C20H46N2O7Si2. The summed E-state index contributed by atoms with van der Waals surface area (Å²) in [6.07, 6.45) is 1.07. The first-order valence-electron chi connectivity index (χ1n) is 11.8. The minimum Gasteiger partial charge on any atom is -0.374 e. The van der Waals surface area contributed by atoms with Gasteiger partial charge in [0, 0.05) is 58.8 Å². The lowest BCUT2D eigenvalue weighted by Gasteiger charge is -2.42. The minimum absolute atomic E-state index is 0.0295. The summed E-state index contributed by atoms with van der Waals surface area (Å²) >= 11 is 0. The molecule has 1 aliphatic heterocycles. The Hall–Kier alpha value is 0.0738. The highest BCUT2D eigenvalue weighted by atomic mass is 28.4. The van der Waals surface area contributed by atoms with Gasteiger partial charge >= 0.3 is 17.6 Å². The van der Waals surface area contributed by atoms with Crippen molar-refractivity contribution in [2.75, 3.05) is 71.7 Å². The van der Waals surface area contributed by atoms with Crippen molar-refractivity contribution in [3.63, 3.8) is 0 Å². The Labute approximate surface area is 191 Å². The fourth-order valence-electron chi connectivity index (χ4n) is 3.82. The molecule has 9 nitrogen and oxygen atoms in total. The van der Waals surface area contributed by atoms with E-state index in [0.29, 0.717) is 58.6 Å². The molecule has 1 fully saturated rings. The first kappa shape index (κ1) is 29.1. The number of ether oxygens (including phenoxy) is 1. The van der Waals surface area contributed by atoms with Crippen LogP contribution in [0.2, 0.25) is 0 Å². The molecule has 31 heavy (non-hydrogen) atoms. The molecule has 0 aromatic carbocycles. The van der Waals surface area contributed by atoms with E-state index < -0.39 is 17.6 Å². The highest BCUT2D eigenvalue weighted by Crippen LogP contribution is 2.22. The Morgan fingerprint density at radius 2 is 1.16 bits per heavy atom. The third-order valence-corrected chi connectivity index (χ3v) is 11.0. The molecule has 0 aromatic heterocycles. The smallest absolute Gasteiger partial charge is 0.374 e. The van der Waals surface area contributed by atoms with E-state index in [1.54, 1.807) is 0 Å². The molecule has 0 amide bonds. The van der Waals surface area contributed by atoms with E-state index in [4.69, 9.17) is 31.3 Å². The summed E-state index contributed by atoms with van der Waals surface area (Å²) in [4.78, 5) is 2.29. The summed E-state index contributed by atoms with van der Waals surface area (Å²) in [5.41, 5.74) is 0. The summed E-state index contributed by atoms with van der Waals surface area (Å²) in [6, 6.07) is 0.0642. The summed E-state index contributed by atoms with van der Waals surface area (Å²) in [6.45, 7) is 19.5. The Balaban J connectivity index is 3.26. The molecule has 186 valence electrons. The van der Waals surface area contributed by atoms with E-state index in [9.17, 15) is 0 Å². The van der Waals surface area contributed by atoms with E-state index >= 15 is 0 Å². The van der Waals surface area contributed by atoms with Crippen LogP contribution in [-0.4, -0.2) is 106 Å². The second-order valence-electron chi connectivity index (χ2n) is 7.22. The van der Waals surface area contributed by atoms with Gasteiger partial charge in [0.15, 0.2) is 0 Å². The molecule has 1 saturated heterocycles. The summed E-state index contributed by atoms with van der Waals surface area (Å²) in [7, 11) is -5.90. The Bertz CT molecular complexity index is 397. The number of rotatable bonds is 18. The fourth-order valence-corrected chi connectivity index (χ4v) is 9.52. The van der Waals surface area contributed by atoms with Crippen molar-refractivity contribution in [3.05, 3.63) is 0 Å². The van der Waals surface area contributed by atoms with Crippen LogP contribution in [0, 0.1) is 0 Å². The molecule has 0 aromatic rings.